The average molecular weight is 388 g/mol. The minimum Gasteiger partial charge on any atom is -0.328 e. The Balaban J connectivity index is 0.00000196. The van der Waals surface area contributed by atoms with Crippen molar-refractivity contribution in [1.82, 2.24) is 4.98 Å². The summed E-state index contributed by atoms with van der Waals surface area (Å²) in [4.78, 5) is 17.0. The molecule has 4 rings (SSSR count). The number of anilines is 1. The van der Waals surface area contributed by atoms with Crippen molar-refractivity contribution in [1.29, 1.82) is 0 Å². The zero-order chi connectivity index (χ0) is 17.4. The fourth-order valence-electron chi connectivity index (χ4n) is 3.35. The van der Waals surface area contributed by atoms with Gasteiger partial charge in [-0.2, -0.15) is 0 Å². The second-order valence-corrected chi connectivity index (χ2v) is 7.86. The number of amides is 1. The molecule has 0 aliphatic heterocycles. The molecule has 1 aliphatic rings. The van der Waals surface area contributed by atoms with E-state index in [1.165, 1.54) is 10.3 Å². The van der Waals surface area contributed by atoms with Crippen LogP contribution in [0.4, 0.5) is 5.69 Å². The van der Waals surface area contributed by atoms with E-state index in [9.17, 15) is 4.79 Å². The summed E-state index contributed by atoms with van der Waals surface area (Å²) >= 11 is 1.69. The van der Waals surface area contributed by atoms with Crippen molar-refractivity contribution in [2.24, 2.45) is 11.7 Å². The third-order valence-electron chi connectivity index (χ3n) is 4.79. The number of fused-ring (bicyclic) bond motifs is 1. The molecule has 26 heavy (non-hydrogen) atoms. The molecule has 1 fully saturated rings. The molecular weight excluding hydrogens is 366 g/mol. The van der Waals surface area contributed by atoms with Gasteiger partial charge in [-0.15, -0.1) is 23.7 Å². The maximum atomic E-state index is 12.3. The van der Waals surface area contributed by atoms with E-state index in [4.69, 9.17) is 10.7 Å². The Labute approximate surface area is 163 Å². The summed E-state index contributed by atoms with van der Waals surface area (Å²) in [5.74, 6) is 0.123. The molecule has 0 bridgehead atoms. The Hall–Kier alpha value is -1.95. The van der Waals surface area contributed by atoms with Gasteiger partial charge in [0.1, 0.15) is 5.01 Å². The number of carbonyl (C=O) groups excluding carboxylic acids is 1. The summed E-state index contributed by atoms with van der Waals surface area (Å²) in [6.07, 6.45) is 2.61. The first-order chi connectivity index (χ1) is 12.1. The van der Waals surface area contributed by atoms with Crippen molar-refractivity contribution in [2.75, 3.05) is 5.32 Å². The lowest BCUT2D eigenvalue weighted by molar-refractivity contribution is -0.119. The molecule has 1 amide bonds. The van der Waals surface area contributed by atoms with Gasteiger partial charge in [0, 0.05) is 23.2 Å². The summed E-state index contributed by atoms with van der Waals surface area (Å²) in [7, 11) is 0. The highest BCUT2D eigenvalue weighted by molar-refractivity contribution is 7.21. The standard InChI is InChI=1S/C20H21N3OS.ClH/c1-12-2-9-17-18(10-12)25-20(23-17)13-4-7-16(8-5-13)22-19(24)14-3-6-15(21)11-14;/h2,4-5,7-10,14-15H,3,6,11,21H2,1H3,(H,22,24);1H. The number of nitrogens with two attached hydrogens (primary N) is 1. The molecule has 136 valence electrons. The van der Waals surface area contributed by atoms with Crippen LogP contribution in [0, 0.1) is 12.8 Å². The predicted molar refractivity (Wildman–Crippen MR) is 111 cm³/mol. The van der Waals surface area contributed by atoms with Crippen molar-refractivity contribution in [3.8, 4) is 10.6 Å². The van der Waals surface area contributed by atoms with Crippen molar-refractivity contribution in [2.45, 2.75) is 32.2 Å². The fraction of sp³-hybridized carbons (Fsp3) is 0.300. The van der Waals surface area contributed by atoms with Gasteiger partial charge in [-0.05, 0) is 68.1 Å². The molecule has 6 heteroatoms. The van der Waals surface area contributed by atoms with Crippen LogP contribution in [0.25, 0.3) is 20.8 Å². The van der Waals surface area contributed by atoms with Crippen LogP contribution in [0.3, 0.4) is 0 Å². The monoisotopic (exact) mass is 387 g/mol. The van der Waals surface area contributed by atoms with E-state index in [0.29, 0.717) is 0 Å². The van der Waals surface area contributed by atoms with Gasteiger partial charge in [-0.25, -0.2) is 4.98 Å². The van der Waals surface area contributed by atoms with Crippen LogP contribution in [0.1, 0.15) is 24.8 Å². The lowest BCUT2D eigenvalue weighted by Gasteiger charge is -2.11. The number of rotatable bonds is 3. The maximum absolute atomic E-state index is 12.3. The summed E-state index contributed by atoms with van der Waals surface area (Å²) in [5, 5.41) is 4.01. The fourth-order valence-corrected chi connectivity index (χ4v) is 4.42. The number of nitrogens with one attached hydrogen (secondary N) is 1. The van der Waals surface area contributed by atoms with E-state index in [-0.39, 0.29) is 30.3 Å². The molecule has 1 aromatic heterocycles. The number of hydrogen-bond acceptors (Lipinski definition) is 4. The van der Waals surface area contributed by atoms with E-state index in [1.54, 1.807) is 11.3 Å². The van der Waals surface area contributed by atoms with Gasteiger partial charge in [-0.1, -0.05) is 6.07 Å². The lowest BCUT2D eigenvalue weighted by atomic mass is 10.1. The zero-order valence-corrected chi connectivity index (χ0v) is 16.2. The van der Waals surface area contributed by atoms with E-state index >= 15 is 0 Å². The number of benzene rings is 2. The first-order valence-electron chi connectivity index (χ1n) is 8.62. The smallest absolute Gasteiger partial charge is 0.227 e. The number of carbonyl (C=O) groups is 1. The molecule has 3 aromatic rings. The van der Waals surface area contributed by atoms with Gasteiger partial charge in [0.15, 0.2) is 0 Å². The molecule has 1 aliphatic carbocycles. The Bertz CT molecular complexity index is 922. The van der Waals surface area contributed by atoms with E-state index in [0.717, 1.165) is 41.0 Å². The van der Waals surface area contributed by atoms with E-state index in [2.05, 4.69) is 30.4 Å². The van der Waals surface area contributed by atoms with Crippen molar-refractivity contribution in [3.63, 3.8) is 0 Å². The molecule has 2 aromatic carbocycles. The first-order valence-corrected chi connectivity index (χ1v) is 9.44. The zero-order valence-electron chi connectivity index (χ0n) is 14.6. The highest BCUT2D eigenvalue weighted by Crippen LogP contribution is 2.31. The summed E-state index contributed by atoms with van der Waals surface area (Å²) in [5.41, 5.74) is 10.1. The second kappa shape index (κ2) is 7.74. The first kappa shape index (κ1) is 18.8. The molecule has 2 atom stereocenters. The quantitative estimate of drug-likeness (QED) is 0.680. The topological polar surface area (TPSA) is 68.0 Å². The number of hydrogen-bond donors (Lipinski definition) is 2. The largest absolute Gasteiger partial charge is 0.328 e. The third-order valence-corrected chi connectivity index (χ3v) is 5.85. The number of thiazole rings is 1. The summed E-state index contributed by atoms with van der Waals surface area (Å²) < 4.78 is 1.20. The van der Waals surface area contributed by atoms with E-state index in [1.807, 2.05) is 24.3 Å². The maximum Gasteiger partial charge on any atom is 0.227 e. The van der Waals surface area contributed by atoms with Crippen LogP contribution in [-0.4, -0.2) is 16.9 Å². The van der Waals surface area contributed by atoms with Crippen LogP contribution in [0.2, 0.25) is 0 Å². The van der Waals surface area contributed by atoms with Gasteiger partial charge in [0.25, 0.3) is 0 Å². The normalized spacial score (nSPS) is 19.3. The Kier molecular flexibility index (Phi) is 5.61. The molecular formula is C20H22ClN3OS. The van der Waals surface area contributed by atoms with Gasteiger partial charge < -0.3 is 11.1 Å². The number of halogens is 1. The molecule has 0 saturated heterocycles. The highest BCUT2D eigenvalue weighted by atomic mass is 35.5. The molecule has 1 saturated carbocycles. The Morgan fingerprint density at radius 2 is 1.96 bits per heavy atom. The van der Waals surface area contributed by atoms with Gasteiger partial charge >= 0.3 is 0 Å². The minimum atomic E-state index is 0. The molecule has 3 N–H and O–H groups in total. The molecule has 2 unspecified atom stereocenters. The molecule has 0 radical (unpaired) electrons. The van der Waals surface area contributed by atoms with Crippen LogP contribution < -0.4 is 11.1 Å². The average Bonchev–Trinajstić information content (AvgIpc) is 3.21. The summed E-state index contributed by atoms with van der Waals surface area (Å²) in [6, 6.07) is 14.4. The van der Waals surface area contributed by atoms with Gasteiger partial charge in [0.05, 0.1) is 10.2 Å². The van der Waals surface area contributed by atoms with Crippen LogP contribution in [0.15, 0.2) is 42.5 Å². The van der Waals surface area contributed by atoms with Gasteiger partial charge in [0.2, 0.25) is 5.91 Å². The van der Waals surface area contributed by atoms with Crippen LogP contribution >= 0.6 is 23.7 Å². The number of aromatic nitrogens is 1. The molecule has 1 heterocycles. The Morgan fingerprint density at radius 1 is 1.19 bits per heavy atom. The van der Waals surface area contributed by atoms with Crippen molar-refractivity contribution < 1.29 is 4.79 Å². The minimum absolute atomic E-state index is 0. The SMILES string of the molecule is Cc1ccc2nc(-c3ccc(NC(=O)C4CCC(N)C4)cc3)sc2c1.Cl. The van der Waals surface area contributed by atoms with E-state index < -0.39 is 0 Å². The molecule has 4 nitrogen and oxygen atoms in total. The highest BCUT2D eigenvalue weighted by Gasteiger charge is 2.27. The van der Waals surface area contributed by atoms with Crippen molar-refractivity contribution in [3.05, 3.63) is 48.0 Å². The van der Waals surface area contributed by atoms with Crippen molar-refractivity contribution >= 4 is 45.6 Å². The van der Waals surface area contributed by atoms with Gasteiger partial charge in [-0.3, -0.25) is 4.79 Å². The Morgan fingerprint density at radius 3 is 2.65 bits per heavy atom. The third kappa shape index (κ3) is 3.90. The number of aryl methyl sites for hydroxylation is 1. The van der Waals surface area contributed by atoms with Crippen LogP contribution in [0.5, 0.6) is 0 Å². The summed E-state index contributed by atoms with van der Waals surface area (Å²) in [6.45, 7) is 2.09. The second-order valence-electron chi connectivity index (χ2n) is 6.83. The lowest BCUT2D eigenvalue weighted by Crippen LogP contribution is -2.23. The number of nitrogens with zero attached hydrogens (tertiary/aromatic N) is 1. The predicted octanol–water partition coefficient (Wildman–Crippen LogP) is 4.76. The van der Waals surface area contributed by atoms with Crippen LogP contribution in [-0.2, 0) is 4.79 Å². The molecule has 0 spiro atoms.